The van der Waals surface area contributed by atoms with Gasteiger partial charge in [0.1, 0.15) is 0 Å². The average molecular weight is 1080 g/mol. The molecule has 0 unspecified atom stereocenters. The maximum absolute atomic E-state index is 5.56. The first-order valence-corrected chi connectivity index (χ1v) is 31.5. The summed E-state index contributed by atoms with van der Waals surface area (Å²) in [6.07, 6.45) is 16.8. The largest absolute Gasteiger partial charge is 0.355 e. The van der Waals surface area contributed by atoms with Crippen LogP contribution in [0.1, 0.15) is 228 Å². The van der Waals surface area contributed by atoms with Crippen molar-refractivity contribution in [3.8, 4) is 0 Å². The SMILES string of the molecule is CCCCC1=C(C)c2cc3[nH]c(cc4nc(cc5[nH]c(cc1n2)c(CC)c5CC)C(CCCC)=C4C)c1c2cc4c(cc2c31)c1c2cc3nc(cc5[nH]c(cc6nc(cc([nH]2)c41)C(C)=C6CCCC)c(CC)c5CC)C(CCCC)=C3C. The maximum Gasteiger partial charge on any atom is 0.0693 e. The molecule has 8 heteroatoms. The average Bonchev–Trinajstić information content (AvgIpc) is 3.90. The van der Waals surface area contributed by atoms with Gasteiger partial charge in [0.05, 0.1) is 45.6 Å². The molecule has 4 aliphatic heterocycles. The number of fused-ring (bicyclic) bond motifs is 28. The van der Waals surface area contributed by atoms with Gasteiger partial charge in [0.2, 0.25) is 0 Å². The van der Waals surface area contributed by atoms with Gasteiger partial charge < -0.3 is 19.9 Å². The fourth-order valence-corrected chi connectivity index (χ4v) is 14.6. The second kappa shape index (κ2) is 21.3. The normalized spacial score (nSPS) is 14.2. The molecule has 10 heterocycles. The van der Waals surface area contributed by atoms with Crippen molar-refractivity contribution in [2.45, 2.75) is 186 Å². The molecule has 82 heavy (non-hydrogen) atoms. The molecule has 8 nitrogen and oxygen atoms in total. The van der Waals surface area contributed by atoms with Crippen LogP contribution >= 0.6 is 0 Å². The minimum atomic E-state index is 0.949. The number of aromatic amines is 4. The van der Waals surface area contributed by atoms with E-state index in [-0.39, 0.29) is 0 Å². The number of rotatable bonds is 16. The van der Waals surface area contributed by atoms with E-state index in [1.54, 1.807) is 0 Å². The van der Waals surface area contributed by atoms with Gasteiger partial charge >= 0.3 is 0 Å². The summed E-state index contributed by atoms with van der Waals surface area (Å²) in [6, 6.07) is 23.8. The lowest BCUT2D eigenvalue weighted by Crippen LogP contribution is -1.88. The highest BCUT2D eigenvalue weighted by atomic mass is 14.8. The Labute approximate surface area is 483 Å². The number of benzene rings is 1. The van der Waals surface area contributed by atoms with Gasteiger partial charge in [-0.05, 0) is 254 Å². The Morgan fingerprint density at radius 2 is 0.476 bits per heavy atom. The molecule has 4 aliphatic rings. The first-order valence-electron chi connectivity index (χ1n) is 31.5. The van der Waals surface area contributed by atoms with E-state index in [2.05, 4.69) is 164 Å². The van der Waals surface area contributed by atoms with E-state index in [1.807, 2.05) is 0 Å². The van der Waals surface area contributed by atoms with Crippen molar-refractivity contribution in [3.63, 3.8) is 0 Å². The molecule has 16 bridgehead atoms. The summed E-state index contributed by atoms with van der Waals surface area (Å²) in [4.78, 5) is 38.2. The monoisotopic (exact) mass is 1080 g/mol. The van der Waals surface area contributed by atoms with Gasteiger partial charge in [-0.1, -0.05) is 81.1 Å². The Hall–Kier alpha value is -7.58. The first-order chi connectivity index (χ1) is 39.9. The molecule has 13 rings (SSSR count). The lowest BCUT2D eigenvalue weighted by atomic mass is 9.87. The molecule has 0 radical (unpaired) electrons. The Kier molecular flexibility index (Phi) is 14.0. The Morgan fingerprint density at radius 3 is 0.683 bits per heavy atom. The van der Waals surface area contributed by atoms with E-state index in [4.69, 9.17) is 19.9 Å². The molecule has 0 fully saturated rings. The quantitative estimate of drug-likeness (QED) is 0.0771. The van der Waals surface area contributed by atoms with Crippen LogP contribution in [-0.4, -0.2) is 39.9 Å². The molecular formula is C74H82N8. The predicted molar refractivity (Wildman–Crippen MR) is 354 cm³/mol. The molecule has 9 aromatic rings. The van der Waals surface area contributed by atoms with Gasteiger partial charge in [-0.3, -0.25) is 0 Å². The maximum atomic E-state index is 5.56. The Balaban J connectivity index is 1.13. The van der Waals surface area contributed by atoms with Crippen LogP contribution in [-0.2, 0) is 25.7 Å². The van der Waals surface area contributed by atoms with Crippen LogP contribution in [0.2, 0.25) is 0 Å². The minimum Gasteiger partial charge on any atom is -0.355 e. The Bertz CT molecular complexity index is 4020. The smallest absolute Gasteiger partial charge is 0.0693 e. The fraction of sp³-hybridized carbons (Fsp3) is 0.378. The number of aromatic nitrogens is 8. The summed E-state index contributed by atoms with van der Waals surface area (Å²) >= 11 is 0. The molecule has 0 spiro atoms. The molecule has 418 valence electrons. The van der Waals surface area contributed by atoms with Gasteiger partial charge in [0.15, 0.2) is 0 Å². The molecule has 0 atom stereocenters. The number of aryl methyl sites for hydroxylation is 4. The summed E-state index contributed by atoms with van der Waals surface area (Å²) in [5, 5.41) is 10.2. The van der Waals surface area contributed by atoms with Gasteiger partial charge in [0, 0.05) is 65.7 Å². The van der Waals surface area contributed by atoms with E-state index in [0.717, 1.165) is 170 Å². The van der Waals surface area contributed by atoms with Crippen LogP contribution in [0, 0.1) is 0 Å². The van der Waals surface area contributed by atoms with Gasteiger partial charge in [-0.15, -0.1) is 0 Å². The highest BCUT2D eigenvalue weighted by Gasteiger charge is 2.27. The number of unbranched alkanes of at least 4 members (excludes halogenated alkanes) is 4. The third-order valence-corrected chi connectivity index (χ3v) is 19.3. The van der Waals surface area contributed by atoms with Crippen LogP contribution in [0.4, 0.5) is 0 Å². The first kappa shape index (κ1) is 53.7. The third-order valence-electron chi connectivity index (χ3n) is 19.3. The van der Waals surface area contributed by atoms with Crippen LogP contribution in [0.3, 0.4) is 0 Å². The van der Waals surface area contributed by atoms with E-state index < -0.39 is 0 Å². The van der Waals surface area contributed by atoms with Gasteiger partial charge in [-0.2, -0.15) is 0 Å². The number of hydrogen-bond donors (Lipinski definition) is 4. The van der Waals surface area contributed by atoms with Gasteiger partial charge in [0.25, 0.3) is 0 Å². The number of hydrogen-bond acceptors (Lipinski definition) is 4. The highest BCUT2D eigenvalue weighted by molar-refractivity contribution is 6.43. The zero-order chi connectivity index (χ0) is 56.8. The van der Waals surface area contributed by atoms with Crippen molar-refractivity contribution in [3.05, 3.63) is 128 Å². The number of H-pyrrole nitrogens is 4. The fourth-order valence-electron chi connectivity index (χ4n) is 14.6. The standard InChI is InChI=1S/C74H82N8/c1-13-21-25-47-39(9)55-31-67-71-51-29-53-54(30-52(51)72(71)68(81-67)32-56-40(10)48(26-22-14-2)64(76-56)36-60-44(18-6)43(17-5)59(79-60)35-63(47)75-55)74-70-34-58-42(12)50(28-24-16-4)66(78-58)38-62-46(20-8)45(19-7)61(80-62)37-65-49(27-23-15-3)41(11)57(77-65)33-69(82-70)73(53)74/h29-38,79-82H,13-28H2,1-12H3. The predicted octanol–water partition coefficient (Wildman–Crippen LogP) is 21.2. The zero-order valence-corrected chi connectivity index (χ0v) is 50.9. The summed E-state index contributed by atoms with van der Waals surface area (Å²) in [5.74, 6) is 0. The van der Waals surface area contributed by atoms with E-state index in [9.17, 15) is 0 Å². The zero-order valence-electron chi connectivity index (χ0n) is 50.9. The molecule has 6 aromatic heterocycles. The second-order valence-corrected chi connectivity index (χ2v) is 24.1. The molecule has 0 saturated heterocycles. The third kappa shape index (κ3) is 8.50. The molecular weight excluding hydrogens is 1000 g/mol. The van der Waals surface area contributed by atoms with Crippen molar-refractivity contribution in [1.82, 2.24) is 39.9 Å². The minimum absolute atomic E-state index is 0.949. The summed E-state index contributed by atoms with van der Waals surface area (Å²) in [7, 11) is 0. The number of nitrogens with zero attached hydrogens (tertiary/aromatic N) is 4. The lowest BCUT2D eigenvalue weighted by molar-refractivity contribution is 0.824. The van der Waals surface area contributed by atoms with Crippen molar-refractivity contribution in [1.29, 1.82) is 0 Å². The van der Waals surface area contributed by atoms with E-state index in [0.29, 0.717) is 0 Å². The summed E-state index contributed by atoms with van der Waals surface area (Å²) < 4.78 is 0. The van der Waals surface area contributed by atoms with Crippen molar-refractivity contribution in [2.24, 2.45) is 0 Å². The van der Waals surface area contributed by atoms with Crippen LogP contribution in [0.25, 0.3) is 132 Å². The summed E-state index contributed by atoms with van der Waals surface area (Å²) in [6.45, 7) is 27.5. The molecule has 0 saturated carbocycles. The highest BCUT2D eigenvalue weighted by Crippen LogP contribution is 2.51. The molecule has 4 N–H and O–H groups in total. The summed E-state index contributed by atoms with van der Waals surface area (Å²) in [5.41, 5.74) is 33.5. The lowest BCUT2D eigenvalue weighted by Gasteiger charge is -2.15. The Morgan fingerprint density at radius 1 is 0.268 bits per heavy atom. The molecule has 0 aliphatic carbocycles. The van der Waals surface area contributed by atoms with Crippen molar-refractivity contribution < 1.29 is 0 Å². The topological polar surface area (TPSA) is 115 Å². The van der Waals surface area contributed by atoms with Gasteiger partial charge in [-0.25, -0.2) is 19.9 Å². The van der Waals surface area contributed by atoms with Crippen molar-refractivity contribution >= 4 is 132 Å². The van der Waals surface area contributed by atoms with Crippen LogP contribution in [0.5, 0.6) is 0 Å². The second-order valence-electron chi connectivity index (χ2n) is 24.1. The number of nitrogens with one attached hydrogen (secondary N) is 4. The molecule has 0 amide bonds. The number of allylic oxidation sites excluding steroid dienone is 8. The van der Waals surface area contributed by atoms with Crippen LogP contribution in [0.15, 0.2) is 60.7 Å². The molecule has 3 aromatic carbocycles. The van der Waals surface area contributed by atoms with E-state index >= 15 is 0 Å². The van der Waals surface area contributed by atoms with E-state index in [1.165, 1.54) is 132 Å². The van der Waals surface area contributed by atoms with Crippen molar-refractivity contribution in [2.75, 3.05) is 0 Å². The van der Waals surface area contributed by atoms with Crippen LogP contribution < -0.4 is 0 Å².